The lowest BCUT2D eigenvalue weighted by Crippen LogP contribution is -2.76. The lowest BCUT2D eigenvalue weighted by Gasteiger charge is -2.74. The van der Waals surface area contributed by atoms with Gasteiger partial charge in [-0.1, -0.05) is 47.6 Å². The lowest BCUT2D eigenvalue weighted by atomic mass is 9.33. The van der Waals surface area contributed by atoms with E-state index in [1.54, 1.807) is 0 Å². The minimum absolute atomic E-state index is 0.0248. The maximum absolute atomic E-state index is 14.7. The molecule has 0 radical (unpaired) electrons. The third kappa shape index (κ3) is 7.60. The Labute approximate surface area is 406 Å². The molecule has 396 valence electrons. The molecule has 21 nitrogen and oxygen atoms in total. The summed E-state index contributed by atoms with van der Waals surface area (Å²) in [6.45, 7) is 12.6. The number of hydrogen-bond acceptors (Lipinski definition) is 20. The minimum atomic E-state index is -2.07. The standard InChI is InChI=1S/C49H74O21/c1-20-14-48-16-29(64-21(2)52)45(5,19-51)15-23(48)22-8-9-27-46(6)12-11-28(44(3,4)26(46)10-13-47(27,7)49(20,22)70-43(48)62)66-42-38(34(58)33(57)36(67-42)39(60)61)69-41-37(32(56)31(55)25(17-50)65-41)68-40-35(59)30(54)24(53)18-63-40/h8,20,23-38,40-42,50-51,53-59H,9-19H2,1-7H3,(H,60,61). The number of carboxylic acids is 1. The number of aliphatic carboxylic acids is 1. The molecule has 5 heterocycles. The molecule has 25 unspecified atom stereocenters. The number of carbonyl (C=O) groups excluding carboxylic acids is 2. The zero-order valence-corrected chi connectivity index (χ0v) is 40.9. The van der Waals surface area contributed by atoms with E-state index in [-0.39, 0.29) is 48.1 Å². The predicted molar refractivity (Wildman–Crippen MR) is 235 cm³/mol. The van der Waals surface area contributed by atoms with Crippen LogP contribution in [0, 0.1) is 50.7 Å². The summed E-state index contributed by atoms with van der Waals surface area (Å²) in [5.41, 5.74) is -3.00. The van der Waals surface area contributed by atoms with E-state index in [9.17, 15) is 65.4 Å². The molecule has 5 saturated heterocycles. The van der Waals surface area contributed by atoms with Gasteiger partial charge in [0, 0.05) is 36.0 Å². The number of fused-ring (bicyclic) bond motifs is 5. The Kier molecular flexibility index (Phi) is 13.6. The fourth-order valence-electron chi connectivity index (χ4n) is 15.9. The van der Waals surface area contributed by atoms with Crippen LogP contribution >= 0.6 is 0 Å². The van der Waals surface area contributed by atoms with Gasteiger partial charge < -0.3 is 89.0 Å². The highest BCUT2D eigenvalue weighted by Crippen LogP contribution is 2.77. The molecule has 10 aliphatic rings. The molecular weight excluding hydrogens is 925 g/mol. The Morgan fingerprint density at radius 1 is 0.757 bits per heavy atom. The van der Waals surface area contributed by atoms with Crippen LogP contribution in [0.5, 0.6) is 0 Å². The first-order chi connectivity index (χ1) is 32.8. The van der Waals surface area contributed by atoms with Crippen LogP contribution in [0.2, 0.25) is 0 Å². The van der Waals surface area contributed by atoms with Crippen LogP contribution in [0.4, 0.5) is 0 Å². The van der Waals surface area contributed by atoms with Gasteiger partial charge in [0.25, 0.3) is 0 Å². The van der Waals surface area contributed by atoms with Gasteiger partial charge >= 0.3 is 17.9 Å². The van der Waals surface area contributed by atoms with Gasteiger partial charge in [-0.15, -0.1) is 0 Å². The van der Waals surface area contributed by atoms with Crippen LogP contribution in [0.25, 0.3) is 0 Å². The van der Waals surface area contributed by atoms with Crippen molar-refractivity contribution in [1.82, 2.24) is 0 Å². The molecule has 21 heteroatoms. The predicted octanol–water partition coefficient (Wildman–Crippen LogP) is -0.598. The molecule has 70 heavy (non-hydrogen) atoms. The highest BCUT2D eigenvalue weighted by molar-refractivity contribution is 5.83. The van der Waals surface area contributed by atoms with Gasteiger partial charge in [0.2, 0.25) is 0 Å². The first kappa shape index (κ1) is 52.4. The van der Waals surface area contributed by atoms with Crippen molar-refractivity contribution in [2.24, 2.45) is 50.7 Å². The molecule has 0 amide bonds. The Hall–Kier alpha value is -2.45. The van der Waals surface area contributed by atoms with Gasteiger partial charge in [0.15, 0.2) is 25.0 Å². The fraction of sp³-hybridized carbons (Fsp3) is 0.898. The highest BCUT2D eigenvalue weighted by Gasteiger charge is 2.78. The largest absolute Gasteiger partial charge is 0.479 e. The molecule has 2 bridgehead atoms. The Morgan fingerprint density at radius 2 is 1.41 bits per heavy atom. The first-order valence-corrected chi connectivity index (χ1v) is 25.0. The Morgan fingerprint density at radius 3 is 2.06 bits per heavy atom. The second-order valence-electron chi connectivity index (χ2n) is 23.6. The third-order valence-corrected chi connectivity index (χ3v) is 19.5. The van der Waals surface area contributed by atoms with E-state index in [2.05, 4.69) is 40.7 Å². The second kappa shape index (κ2) is 18.1. The number of aliphatic hydroxyl groups excluding tert-OH is 9. The average molecular weight is 999 g/mol. The molecule has 0 aromatic rings. The summed E-state index contributed by atoms with van der Waals surface area (Å²) >= 11 is 0. The molecular formula is C49H74O21. The number of esters is 2. The zero-order valence-electron chi connectivity index (χ0n) is 40.9. The van der Waals surface area contributed by atoms with Gasteiger partial charge in [0.1, 0.15) is 72.7 Å². The van der Waals surface area contributed by atoms with Crippen molar-refractivity contribution in [3.05, 3.63) is 11.6 Å². The third-order valence-electron chi connectivity index (χ3n) is 19.5. The molecule has 5 aliphatic heterocycles. The van der Waals surface area contributed by atoms with Crippen LogP contribution in [0.1, 0.15) is 99.8 Å². The van der Waals surface area contributed by atoms with E-state index in [4.69, 9.17) is 37.9 Å². The van der Waals surface area contributed by atoms with Crippen LogP contribution < -0.4 is 0 Å². The van der Waals surface area contributed by atoms with Crippen molar-refractivity contribution in [2.75, 3.05) is 19.8 Å². The van der Waals surface area contributed by atoms with Gasteiger partial charge in [-0.2, -0.15) is 0 Å². The fourth-order valence-corrected chi connectivity index (χ4v) is 15.9. The van der Waals surface area contributed by atoms with Crippen molar-refractivity contribution in [1.29, 1.82) is 0 Å². The number of allylic oxidation sites excluding steroid dienone is 1. The minimum Gasteiger partial charge on any atom is -0.479 e. The first-order valence-electron chi connectivity index (χ1n) is 25.0. The summed E-state index contributed by atoms with van der Waals surface area (Å²) in [5.74, 6) is -2.61. The maximum atomic E-state index is 14.7. The molecule has 25 atom stereocenters. The van der Waals surface area contributed by atoms with E-state index >= 15 is 0 Å². The summed E-state index contributed by atoms with van der Waals surface area (Å²) in [6.07, 6.45) is -19.7. The number of aliphatic hydroxyl groups is 9. The lowest BCUT2D eigenvalue weighted by molar-refractivity contribution is -0.392. The van der Waals surface area contributed by atoms with Crippen molar-refractivity contribution >= 4 is 17.9 Å². The number of carboxylic acid groups (broad SMARTS) is 1. The van der Waals surface area contributed by atoms with Crippen molar-refractivity contribution in [3.8, 4) is 0 Å². The topological polar surface area (TPSA) is 327 Å². The summed E-state index contributed by atoms with van der Waals surface area (Å²) < 4.78 is 48.7. The Balaban J connectivity index is 0.994. The van der Waals surface area contributed by atoms with Crippen LogP contribution in [0.15, 0.2) is 11.6 Å². The SMILES string of the molecule is CC(=O)OC1CC23CC(C)C4(OC2=O)C(=CCC2C5(C)CCC(OC6OC(C(=O)O)C(O)C(O)C6OC6OC(CO)C(O)C(O)C6OC6OCC(O)C(O)C6O)C(C)(C)C5CCC24C)C3CC1(C)CO. The van der Waals surface area contributed by atoms with E-state index in [1.807, 2.05) is 6.92 Å². The highest BCUT2D eigenvalue weighted by atomic mass is 16.8. The van der Waals surface area contributed by atoms with Crippen LogP contribution in [0.3, 0.4) is 0 Å². The van der Waals surface area contributed by atoms with Gasteiger partial charge in [-0.05, 0) is 73.2 Å². The summed E-state index contributed by atoms with van der Waals surface area (Å²) in [6, 6.07) is 0. The van der Waals surface area contributed by atoms with Crippen LogP contribution in [-0.4, -0.2) is 193 Å². The number of hydrogen-bond donors (Lipinski definition) is 10. The van der Waals surface area contributed by atoms with E-state index in [1.165, 1.54) is 6.92 Å². The Bertz CT molecular complexity index is 2050. The molecule has 0 aromatic heterocycles. The molecule has 9 fully saturated rings. The second-order valence-corrected chi connectivity index (χ2v) is 23.6. The maximum Gasteiger partial charge on any atom is 0.335 e. The van der Waals surface area contributed by atoms with Crippen molar-refractivity contribution < 1.29 is 103 Å². The summed E-state index contributed by atoms with van der Waals surface area (Å²) in [7, 11) is 0. The molecule has 0 aromatic carbocycles. The molecule has 10 rings (SSSR count). The van der Waals surface area contributed by atoms with E-state index in [0.29, 0.717) is 44.9 Å². The van der Waals surface area contributed by atoms with E-state index < -0.39 is 151 Å². The molecule has 10 N–H and O–H groups in total. The van der Waals surface area contributed by atoms with Gasteiger partial charge in [0.05, 0.1) is 31.3 Å². The molecule has 4 saturated carbocycles. The summed E-state index contributed by atoms with van der Waals surface area (Å²) in [4.78, 5) is 39.5. The van der Waals surface area contributed by atoms with Crippen LogP contribution in [-0.2, 0) is 52.3 Å². The normalized spacial score (nSPS) is 53.8. The number of carbonyl (C=O) groups is 3. The average Bonchev–Trinajstić information content (AvgIpc) is 3.29. The smallest absolute Gasteiger partial charge is 0.335 e. The van der Waals surface area contributed by atoms with Gasteiger partial charge in [-0.25, -0.2) is 4.79 Å². The van der Waals surface area contributed by atoms with E-state index in [0.717, 1.165) is 5.57 Å². The van der Waals surface area contributed by atoms with Gasteiger partial charge in [-0.3, -0.25) is 9.59 Å². The summed E-state index contributed by atoms with van der Waals surface area (Å²) in [5, 5.41) is 107. The number of rotatable bonds is 10. The zero-order chi connectivity index (χ0) is 51.0. The molecule has 5 aliphatic carbocycles. The quantitative estimate of drug-likeness (QED) is 0.0742. The number of ether oxygens (including phenoxy) is 8. The molecule has 2 spiro atoms. The van der Waals surface area contributed by atoms with Crippen molar-refractivity contribution in [3.63, 3.8) is 0 Å². The van der Waals surface area contributed by atoms with Crippen molar-refractivity contribution in [2.45, 2.75) is 204 Å². The monoisotopic (exact) mass is 998 g/mol.